The molecule has 0 saturated carbocycles. The van der Waals surface area contributed by atoms with Crippen molar-refractivity contribution in [1.29, 1.82) is 0 Å². The Labute approximate surface area is 123 Å². The molecule has 108 valence electrons. The summed E-state index contributed by atoms with van der Waals surface area (Å²) in [6.45, 7) is 2.08. The van der Waals surface area contributed by atoms with Crippen LogP contribution >= 0.6 is 0 Å². The Hall–Kier alpha value is -1.88. The molecule has 3 atom stereocenters. The average molecular weight is 284 g/mol. The van der Waals surface area contributed by atoms with Gasteiger partial charge in [-0.1, -0.05) is 31.2 Å². The molecule has 1 unspecified atom stereocenters. The van der Waals surface area contributed by atoms with E-state index >= 15 is 0 Å². The third kappa shape index (κ3) is 1.73. The van der Waals surface area contributed by atoms with Crippen LogP contribution in [0.3, 0.4) is 0 Å². The van der Waals surface area contributed by atoms with Crippen LogP contribution in [0.1, 0.15) is 29.5 Å². The second kappa shape index (κ2) is 4.56. The van der Waals surface area contributed by atoms with E-state index in [1.165, 1.54) is 5.56 Å². The standard InChI is InChI=1S/C17H16O4/c1-11-14-5-3-4-6-15(14)17(19-16(11)20-21-17)12-7-9-13(18-2)10-8-12/h3-11,16H,1-2H3/t11?,16-,17+/m1/s1. The van der Waals surface area contributed by atoms with Gasteiger partial charge in [-0.25, -0.2) is 0 Å². The Morgan fingerprint density at radius 2 is 1.81 bits per heavy atom. The monoisotopic (exact) mass is 284 g/mol. The minimum Gasteiger partial charge on any atom is -0.497 e. The molecule has 2 bridgehead atoms. The molecule has 2 heterocycles. The Morgan fingerprint density at radius 3 is 2.57 bits per heavy atom. The van der Waals surface area contributed by atoms with Crippen molar-refractivity contribution in [2.24, 2.45) is 0 Å². The first-order valence-electron chi connectivity index (χ1n) is 7.01. The fourth-order valence-corrected chi connectivity index (χ4v) is 3.03. The highest BCUT2D eigenvalue weighted by Crippen LogP contribution is 2.51. The van der Waals surface area contributed by atoms with Gasteiger partial charge in [-0.15, -0.1) is 0 Å². The van der Waals surface area contributed by atoms with Crippen molar-refractivity contribution in [3.05, 3.63) is 65.2 Å². The van der Waals surface area contributed by atoms with Crippen molar-refractivity contribution in [3.8, 4) is 5.75 Å². The van der Waals surface area contributed by atoms with Gasteiger partial charge < -0.3 is 9.47 Å². The molecule has 0 aliphatic carbocycles. The topological polar surface area (TPSA) is 36.9 Å². The van der Waals surface area contributed by atoms with E-state index in [-0.39, 0.29) is 12.2 Å². The largest absolute Gasteiger partial charge is 0.497 e. The highest BCUT2D eigenvalue weighted by Gasteiger charge is 2.54. The van der Waals surface area contributed by atoms with Crippen molar-refractivity contribution in [1.82, 2.24) is 0 Å². The van der Waals surface area contributed by atoms with E-state index in [9.17, 15) is 0 Å². The van der Waals surface area contributed by atoms with Gasteiger partial charge in [0.15, 0.2) is 0 Å². The molecule has 1 saturated heterocycles. The molecule has 2 aromatic rings. The second-order valence-corrected chi connectivity index (χ2v) is 5.39. The Kier molecular flexibility index (Phi) is 2.79. The predicted octanol–water partition coefficient (Wildman–Crippen LogP) is 3.32. The van der Waals surface area contributed by atoms with Crippen molar-refractivity contribution < 1.29 is 19.2 Å². The number of benzene rings is 2. The van der Waals surface area contributed by atoms with Crippen LogP contribution < -0.4 is 4.74 Å². The predicted molar refractivity (Wildman–Crippen MR) is 75.7 cm³/mol. The summed E-state index contributed by atoms with van der Waals surface area (Å²) in [7, 11) is 1.65. The van der Waals surface area contributed by atoms with Crippen LogP contribution in [0.25, 0.3) is 0 Å². The van der Waals surface area contributed by atoms with Gasteiger partial charge >= 0.3 is 0 Å². The van der Waals surface area contributed by atoms with Gasteiger partial charge in [0.25, 0.3) is 5.79 Å². The van der Waals surface area contributed by atoms with Gasteiger partial charge in [0.05, 0.1) is 7.11 Å². The molecule has 0 aromatic heterocycles. The lowest BCUT2D eigenvalue weighted by atomic mass is 9.85. The third-order valence-electron chi connectivity index (χ3n) is 4.23. The summed E-state index contributed by atoms with van der Waals surface area (Å²) in [4.78, 5) is 11.1. The van der Waals surface area contributed by atoms with E-state index in [0.29, 0.717) is 0 Å². The summed E-state index contributed by atoms with van der Waals surface area (Å²) in [6.07, 6.45) is -0.387. The summed E-state index contributed by atoms with van der Waals surface area (Å²) in [6, 6.07) is 15.8. The highest BCUT2D eigenvalue weighted by molar-refractivity contribution is 5.44. The van der Waals surface area contributed by atoms with Crippen LogP contribution in [0, 0.1) is 0 Å². The summed E-state index contributed by atoms with van der Waals surface area (Å²) in [5.41, 5.74) is 3.09. The van der Waals surface area contributed by atoms with Crippen molar-refractivity contribution in [2.45, 2.75) is 24.9 Å². The molecule has 0 amide bonds. The van der Waals surface area contributed by atoms with Crippen LogP contribution in [-0.4, -0.2) is 13.4 Å². The molecule has 2 aromatic carbocycles. The Bertz CT molecular complexity index is 667. The van der Waals surface area contributed by atoms with Crippen LogP contribution in [0.4, 0.5) is 0 Å². The summed E-state index contributed by atoms with van der Waals surface area (Å²) in [5, 5.41) is 0. The molecule has 0 radical (unpaired) electrons. The van der Waals surface area contributed by atoms with Crippen LogP contribution in [0.5, 0.6) is 5.75 Å². The highest BCUT2D eigenvalue weighted by atomic mass is 17.3. The molecule has 21 heavy (non-hydrogen) atoms. The van der Waals surface area contributed by atoms with E-state index in [1.54, 1.807) is 7.11 Å². The summed E-state index contributed by atoms with van der Waals surface area (Å²) in [5.74, 6) is -0.0572. The van der Waals surface area contributed by atoms with Gasteiger partial charge in [0, 0.05) is 17.0 Å². The van der Waals surface area contributed by atoms with Crippen molar-refractivity contribution in [2.75, 3.05) is 7.11 Å². The number of hydrogen-bond donors (Lipinski definition) is 0. The molecular weight excluding hydrogens is 268 g/mol. The molecule has 4 nitrogen and oxygen atoms in total. The van der Waals surface area contributed by atoms with E-state index in [4.69, 9.17) is 19.2 Å². The zero-order chi connectivity index (χ0) is 14.4. The number of rotatable bonds is 2. The third-order valence-corrected chi connectivity index (χ3v) is 4.23. The fourth-order valence-electron chi connectivity index (χ4n) is 3.03. The molecule has 0 N–H and O–H groups in total. The van der Waals surface area contributed by atoms with Gasteiger partial charge in [0.2, 0.25) is 6.29 Å². The Morgan fingerprint density at radius 1 is 1.05 bits per heavy atom. The van der Waals surface area contributed by atoms with E-state index in [0.717, 1.165) is 16.9 Å². The maximum Gasteiger partial charge on any atom is 0.256 e. The number of ether oxygens (including phenoxy) is 2. The first-order chi connectivity index (χ1) is 10.2. The quantitative estimate of drug-likeness (QED) is 0.793. The first-order valence-corrected chi connectivity index (χ1v) is 7.01. The second-order valence-electron chi connectivity index (χ2n) is 5.39. The van der Waals surface area contributed by atoms with Crippen LogP contribution in [0.2, 0.25) is 0 Å². The number of hydrogen-bond acceptors (Lipinski definition) is 4. The fraction of sp³-hybridized carbons (Fsp3) is 0.294. The molecule has 0 spiro atoms. The summed E-state index contributed by atoms with van der Waals surface area (Å²) < 4.78 is 11.3. The van der Waals surface area contributed by atoms with Crippen molar-refractivity contribution in [3.63, 3.8) is 0 Å². The van der Waals surface area contributed by atoms with E-state index in [1.807, 2.05) is 42.5 Å². The lowest BCUT2D eigenvalue weighted by Gasteiger charge is -2.34. The van der Waals surface area contributed by atoms with Gasteiger partial charge in [-0.05, 0) is 29.8 Å². The average Bonchev–Trinajstić information content (AvgIpc) is 2.96. The minimum absolute atomic E-state index is 0.134. The van der Waals surface area contributed by atoms with Crippen LogP contribution in [0.15, 0.2) is 48.5 Å². The maximum absolute atomic E-state index is 6.10. The molecule has 2 aliphatic rings. The summed E-state index contributed by atoms with van der Waals surface area (Å²) >= 11 is 0. The maximum atomic E-state index is 6.10. The van der Waals surface area contributed by atoms with E-state index < -0.39 is 5.79 Å². The van der Waals surface area contributed by atoms with E-state index in [2.05, 4.69) is 13.0 Å². The molecule has 4 rings (SSSR count). The smallest absolute Gasteiger partial charge is 0.256 e. The number of methoxy groups -OCH3 is 1. The normalized spacial score (nSPS) is 30.0. The lowest BCUT2D eigenvalue weighted by Crippen LogP contribution is -2.36. The van der Waals surface area contributed by atoms with Gasteiger partial charge in [0.1, 0.15) is 5.75 Å². The molecule has 1 fully saturated rings. The SMILES string of the molecule is COc1ccc([C@@]23OO[C@@H](O2)C(C)c2ccccc23)cc1. The van der Waals surface area contributed by atoms with Crippen LogP contribution in [-0.2, 0) is 20.3 Å². The minimum atomic E-state index is -0.986. The molecule has 4 heteroatoms. The van der Waals surface area contributed by atoms with Crippen molar-refractivity contribution >= 4 is 0 Å². The number of fused-ring (bicyclic) bond motifs is 4. The Balaban J connectivity index is 1.88. The van der Waals surface area contributed by atoms with Gasteiger partial charge in [-0.2, -0.15) is 9.78 Å². The zero-order valence-electron chi connectivity index (χ0n) is 11.9. The molecule has 2 aliphatic heterocycles. The lowest BCUT2D eigenvalue weighted by molar-refractivity contribution is -0.321. The zero-order valence-corrected chi connectivity index (χ0v) is 11.9. The van der Waals surface area contributed by atoms with Gasteiger partial charge in [-0.3, -0.25) is 0 Å². The first kappa shape index (κ1) is 12.8. The molecular formula is C17H16O4.